The Hall–Kier alpha value is -1.04. The van der Waals surface area contributed by atoms with E-state index in [0.717, 1.165) is 39.3 Å². The number of amides is 1. The summed E-state index contributed by atoms with van der Waals surface area (Å²) in [6.45, 7) is 8.02. The van der Waals surface area contributed by atoms with Gasteiger partial charge in [0.1, 0.15) is 0 Å². The first-order valence-corrected chi connectivity index (χ1v) is 8.12. The van der Waals surface area contributed by atoms with E-state index in [0.29, 0.717) is 5.75 Å². The second-order valence-corrected chi connectivity index (χ2v) is 6.01. The summed E-state index contributed by atoms with van der Waals surface area (Å²) in [5.41, 5.74) is 1.23. The number of carbonyl (C=O) groups is 1. The third-order valence-corrected chi connectivity index (χ3v) is 4.59. The molecule has 4 nitrogen and oxygen atoms in total. The van der Waals surface area contributed by atoms with Gasteiger partial charge in [-0.2, -0.15) is 0 Å². The molecule has 0 aromatic heterocycles. The van der Waals surface area contributed by atoms with E-state index >= 15 is 0 Å². The summed E-state index contributed by atoms with van der Waals surface area (Å²) in [6, 6.07) is 8.17. The molecule has 1 aliphatic heterocycles. The van der Waals surface area contributed by atoms with Crippen LogP contribution >= 0.6 is 11.8 Å². The molecule has 0 bridgehead atoms. The highest BCUT2D eigenvalue weighted by molar-refractivity contribution is 8.00. The molecule has 1 amide bonds. The summed E-state index contributed by atoms with van der Waals surface area (Å²) in [7, 11) is 0. The number of benzene rings is 1. The van der Waals surface area contributed by atoms with Crippen molar-refractivity contribution in [2.24, 2.45) is 0 Å². The van der Waals surface area contributed by atoms with Crippen molar-refractivity contribution in [1.82, 2.24) is 15.5 Å². The average Bonchev–Trinajstić information content (AvgIpc) is 2.47. The lowest BCUT2D eigenvalue weighted by Crippen LogP contribution is -2.46. The monoisotopic (exact) mass is 293 g/mol. The van der Waals surface area contributed by atoms with E-state index in [9.17, 15) is 4.79 Å². The number of carbonyl (C=O) groups excluding carboxylic acids is 1. The lowest BCUT2D eigenvalue weighted by molar-refractivity contribution is -0.118. The zero-order valence-corrected chi connectivity index (χ0v) is 12.8. The number of piperazine rings is 1. The number of thioether (sulfide) groups is 1. The molecule has 2 N–H and O–H groups in total. The third kappa shape index (κ3) is 5.15. The van der Waals surface area contributed by atoms with E-state index in [2.05, 4.69) is 34.6 Å². The molecule has 1 aromatic rings. The second-order valence-electron chi connectivity index (χ2n) is 5.00. The molecule has 1 heterocycles. The Labute approximate surface area is 125 Å². The van der Waals surface area contributed by atoms with Gasteiger partial charge in [-0.15, -0.1) is 11.8 Å². The summed E-state index contributed by atoms with van der Waals surface area (Å²) >= 11 is 1.61. The number of rotatable bonds is 6. The number of hydrogen-bond donors (Lipinski definition) is 2. The number of hydrogen-bond acceptors (Lipinski definition) is 4. The fourth-order valence-electron chi connectivity index (χ4n) is 2.20. The number of nitrogens with one attached hydrogen (secondary N) is 2. The van der Waals surface area contributed by atoms with Crippen LogP contribution in [-0.2, 0) is 4.79 Å². The molecule has 0 radical (unpaired) electrons. The van der Waals surface area contributed by atoms with Gasteiger partial charge in [0, 0.05) is 44.2 Å². The molecule has 0 saturated carbocycles. The highest BCUT2D eigenvalue weighted by Gasteiger charge is 2.09. The van der Waals surface area contributed by atoms with Gasteiger partial charge in [0.2, 0.25) is 5.91 Å². The van der Waals surface area contributed by atoms with Gasteiger partial charge in [-0.1, -0.05) is 18.2 Å². The van der Waals surface area contributed by atoms with Crippen molar-refractivity contribution < 1.29 is 4.79 Å². The highest BCUT2D eigenvalue weighted by Crippen LogP contribution is 2.21. The van der Waals surface area contributed by atoms with Gasteiger partial charge in [-0.3, -0.25) is 9.69 Å². The van der Waals surface area contributed by atoms with Crippen LogP contribution in [0.25, 0.3) is 0 Å². The smallest absolute Gasteiger partial charge is 0.230 e. The standard InChI is InChI=1S/C15H23N3OS/c1-13-4-2-3-5-14(13)20-12-15(19)17-8-11-18-9-6-16-7-10-18/h2-5,16H,6-12H2,1H3,(H,17,19). The first-order chi connectivity index (χ1) is 9.75. The number of nitrogens with zero attached hydrogens (tertiary/aromatic N) is 1. The van der Waals surface area contributed by atoms with E-state index in [1.807, 2.05) is 12.1 Å². The second kappa shape index (κ2) is 8.29. The largest absolute Gasteiger partial charge is 0.354 e. The minimum atomic E-state index is 0.119. The van der Waals surface area contributed by atoms with Crippen LogP contribution in [0.4, 0.5) is 0 Å². The Morgan fingerprint density at radius 2 is 2.10 bits per heavy atom. The SMILES string of the molecule is Cc1ccccc1SCC(=O)NCCN1CCNCC1. The summed E-state index contributed by atoms with van der Waals surface area (Å²) in [5, 5.41) is 6.32. The van der Waals surface area contributed by atoms with Crippen molar-refractivity contribution in [3.63, 3.8) is 0 Å². The molecule has 20 heavy (non-hydrogen) atoms. The number of aryl methyl sites for hydroxylation is 1. The van der Waals surface area contributed by atoms with E-state index in [4.69, 9.17) is 0 Å². The van der Waals surface area contributed by atoms with Crippen molar-refractivity contribution in [1.29, 1.82) is 0 Å². The fourth-order valence-corrected chi connectivity index (χ4v) is 3.06. The average molecular weight is 293 g/mol. The van der Waals surface area contributed by atoms with Gasteiger partial charge in [0.05, 0.1) is 5.75 Å². The molecular formula is C15H23N3OS. The van der Waals surface area contributed by atoms with Crippen molar-refractivity contribution in [3.05, 3.63) is 29.8 Å². The van der Waals surface area contributed by atoms with Crippen molar-refractivity contribution in [3.8, 4) is 0 Å². The fraction of sp³-hybridized carbons (Fsp3) is 0.533. The Morgan fingerprint density at radius 1 is 1.35 bits per heavy atom. The van der Waals surface area contributed by atoms with Gasteiger partial charge in [0.15, 0.2) is 0 Å². The molecule has 1 aromatic carbocycles. The molecule has 1 aliphatic rings. The highest BCUT2D eigenvalue weighted by atomic mass is 32.2. The zero-order valence-electron chi connectivity index (χ0n) is 12.0. The maximum absolute atomic E-state index is 11.8. The van der Waals surface area contributed by atoms with Crippen molar-refractivity contribution >= 4 is 17.7 Å². The van der Waals surface area contributed by atoms with Crippen LogP contribution < -0.4 is 10.6 Å². The molecule has 1 saturated heterocycles. The van der Waals surface area contributed by atoms with E-state index < -0.39 is 0 Å². The topological polar surface area (TPSA) is 44.4 Å². The van der Waals surface area contributed by atoms with Crippen molar-refractivity contribution in [2.45, 2.75) is 11.8 Å². The zero-order chi connectivity index (χ0) is 14.2. The van der Waals surface area contributed by atoms with Crippen LogP contribution in [0, 0.1) is 6.92 Å². The van der Waals surface area contributed by atoms with E-state index in [1.165, 1.54) is 10.5 Å². The third-order valence-electron chi connectivity index (χ3n) is 3.41. The van der Waals surface area contributed by atoms with Gasteiger partial charge in [-0.05, 0) is 18.6 Å². The molecule has 2 rings (SSSR count). The van der Waals surface area contributed by atoms with E-state index in [-0.39, 0.29) is 5.91 Å². The van der Waals surface area contributed by atoms with Crippen LogP contribution in [0.2, 0.25) is 0 Å². The van der Waals surface area contributed by atoms with Crippen LogP contribution in [-0.4, -0.2) is 55.8 Å². The Morgan fingerprint density at radius 3 is 2.85 bits per heavy atom. The van der Waals surface area contributed by atoms with Gasteiger partial charge >= 0.3 is 0 Å². The summed E-state index contributed by atoms with van der Waals surface area (Å²) < 4.78 is 0. The van der Waals surface area contributed by atoms with Gasteiger partial charge in [0.25, 0.3) is 0 Å². The molecular weight excluding hydrogens is 270 g/mol. The molecule has 0 spiro atoms. The molecule has 0 unspecified atom stereocenters. The predicted molar refractivity (Wildman–Crippen MR) is 84.2 cm³/mol. The minimum Gasteiger partial charge on any atom is -0.354 e. The first kappa shape index (κ1) is 15.4. The van der Waals surface area contributed by atoms with Crippen molar-refractivity contribution in [2.75, 3.05) is 45.0 Å². The molecule has 0 atom stereocenters. The van der Waals surface area contributed by atoms with E-state index in [1.54, 1.807) is 11.8 Å². The summed E-state index contributed by atoms with van der Waals surface area (Å²) in [5.74, 6) is 0.611. The molecule has 0 aliphatic carbocycles. The lowest BCUT2D eigenvalue weighted by Gasteiger charge is -2.27. The molecule has 5 heteroatoms. The lowest BCUT2D eigenvalue weighted by atomic mass is 10.2. The predicted octanol–water partition coefficient (Wildman–Crippen LogP) is 1.11. The summed E-state index contributed by atoms with van der Waals surface area (Å²) in [4.78, 5) is 15.4. The molecule has 1 fully saturated rings. The first-order valence-electron chi connectivity index (χ1n) is 7.14. The maximum Gasteiger partial charge on any atom is 0.230 e. The Bertz CT molecular complexity index is 433. The Kier molecular flexibility index (Phi) is 6.36. The van der Waals surface area contributed by atoms with Crippen LogP contribution in [0.15, 0.2) is 29.2 Å². The van der Waals surface area contributed by atoms with Crippen LogP contribution in [0.5, 0.6) is 0 Å². The summed E-state index contributed by atoms with van der Waals surface area (Å²) in [6.07, 6.45) is 0. The maximum atomic E-state index is 11.8. The van der Waals surface area contributed by atoms with Crippen LogP contribution in [0.1, 0.15) is 5.56 Å². The normalized spacial score (nSPS) is 16.1. The van der Waals surface area contributed by atoms with Gasteiger partial charge in [-0.25, -0.2) is 0 Å². The van der Waals surface area contributed by atoms with Crippen LogP contribution in [0.3, 0.4) is 0 Å². The van der Waals surface area contributed by atoms with Gasteiger partial charge < -0.3 is 10.6 Å². The Balaban J connectivity index is 1.62. The minimum absolute atomic E-state index is 0.119. The molecule has 110 valence electrons. The quantitative estimate of drug-likeness (QED) is 0.771.